The number of H-pyrrole nitrogens is 1. The number of aromatic amines is 1. The molecule has 1 fully saturated rings. The molecule has 1 aromatic heterocycles. The monoisotopic (exact) mass is 279 g/mol. The summed E-state index contributed by atoms with van der Waals surface area (Å²) in [5.41, 5.74) is 6.12. The molecule has 1 aliphatic rings. The largest absolute Gasteiger partial charge is 0.393 e. The summed E-state index contributed by atoms with van der Waals surface area (Å²) < 4.78 is 27.8. The molecule has 4 nitrogen and oxygen atoms in total. The van der Waals surface area contributed by atoms with Gasteiger partial charge in [0.25, 0.3) is 5.56 Å². The normalized spacial score (nSPS) is 15.9. The maximum Gasteiger partial charge on any atom is 0.294 e. The van der Waals surface area contributed by atoms with E-state index in [0.717, 1.165) is 42.5 Å². The van der Waals surface area contributed by atoms with Crippen molar-refractivity contribution in [2.24, 2.45) is 0 Å². The van der Waals surface area contributed by atoms with Crippen molar-refractivity contribution in [3.8, 4) is 5.69 Å². The molecule has 0 saturated heterocycles. The number of hydrogen-bond acceptors (Lipinski definition) is 2. The van der Waals surface area contributed by atoms with Crippen LogP contribution >= 0.6 is 0 Å². The van der Waals surface area contributed by atoms with Gasteiger partial charge < -0.3 is 5.73 Å². The Kier molecular flexibility index (Phi) is 3.08. The Morgan fingerprint density at radius 3 is 2.60 bits per heavy atom. The second-order valence-corrected chi connectivity index (χ2v) is 5.16. The zero-order valence-corrected chi connectivity index (χ0v) is 10.8. The zero-order valence-electron chi connectivity index (χ0n) is 10.8. The SMILES string of the molecule is Nc1c(C2CCCC2)[nH]n(-c2ccc(F)cc2F)c1=O. The van der Waals surface area contributed by atoms with E-state index >= 15 is 0 Å². The van der Waals surface area contributed by atoms with Crippen molar-refractivity contribution in [3.05, 3.63) is 45.9 Å². The van der Waals surface area contributed by atoms with E-state index in [9.17, 15) is 13.6 Å². The first-order valence-corrected chi connectivity index (χ1v) is 6.63. The molecule has 0 atom stereocenters. The Labute approximate surface area is 114 Å². The molecule has 6 heteroatoms. The van der Waals surface area contributed by atoms with Gasteiger partial charge in [-0.05, 0) is 25.0 Å². The Bertz CT molecular complexity index is 699. The molecule has 20 heavy (non-hydrogen) atoms. The Morgan fingerprint density at radius 2 is 1.95 bits per heavy atom. The molecule has 2 aromatic rings. The lowest BCUT2D eigenvalue weighted by Gasteiger charge is -2.07. The van der Waals surface area contributed by atoms with E-state index in [2.05, 4.69) is 5.10 Å². The summed E-state index contributed by atoms with van der Waals surface area (Å²) in [6, 6.07) is 3.08. The maximum absolute atomic E-state index is 13.8. The van der Waals surface area contributed by atoms with Crippen molar-refractivity contribution < 1.29 is 8.78 Å². The summed E-state index contributed by atoms with van der Waals surface area (Å²) in [5.74, 6) is -1.27. The highest BCUT2D eigenvalue weighted by Gasteiger charge is 2.24. The van der Waals surface area contributed by atoms with E-state index in [1.165, 1.54) is 6.07 Å². The van der Waals surface area contributed by atoms with Crippen LogP contribution in [-0.4, -0.2) is 9.78 Å². The van der Waals surface area contributed by atoms with Gasteiger partial charge in [0.1, 0.15) is 17.2 Å². The summed E-state index contributed by atoms with van der Waals surface area (Å²) in [6.45, 7) is 0. The third-order valence-electron chi connectivity index (χ3n) is 3.87. The molecule has 0 unspecified atom stereocenters. The van der Waals surface area contributed by atoms with Crippen LogP contribution < -0.4 is 11.3 Å². The van der Waals surface area contributed by atoms with Crippen molar-refractivity contribution in [2.75, 3.05) is 5.73 Å². The predicted molar refractivity (Wildman–Crippen MR) is 71.9 cm³/mol. The van der Waals surface area contributed by atoms with E-state index < -0.39 is 17.2 Å². The number of hydrogen-bond donors (Lipinski definition) is 2. The first-order chi connectivity index (χ1) is 9.58. The molecule has 3 rings (SSSR count). The van der Waals surface area contributed by atoms with Gasteiger partial charge in [-0.3, -0.25) is 9.89 Å². The van der Waals surface area contributed by atoms with Crippen molar-refractivity contribution in [1.82, 2.24) is 9.78 Å². The van der Waals surface area contributed by atoms with Crippen LogP contribution in [0.4, 0.5) is 14.5 Å². The highest BCUT2D eigenvalue weighted by atomic mass is 19.1. The molecule has 1 aliphatic carbocycles. The van der Waals surface area contributed by atoms with Crippen molar-refractivity contribution in [3.63, 3.8) is 0 Å². The van der Waals surface area contributed by atoms with Gasteiger partial charge in [0, 0.05) is 12.0 Å². The highest BCUT2D eigenvalue weighted by Crippen LogP contribution is 2.35. The van der Waals surface area contributed by atoms with E-state index in [4.69, 9.17) is 5.73 Å². The number of nitrogens with zero attached hydrogens (tertiary/aromatic N) is 1. The van der Waals surface area contributed by atoms with Crippen molar-refractivity contribution >= 4 is 5.69 Å². The van der Waals surface area contributed by atoms with Gasteiger partial charge >= 0.3 is 0 Å². The number of rotatable bonds is 2. The predicted octanol–water partition coefficient (Wildman–Crippen LogP) is 2.68. The van der Waals surface area contributed by atoms with Gasteiger partial charge in [0.15, 0.2) is 5.82 Å². The molecule has 0 bridgehead atoms. The van der Waals surface area contributed by atoms with Crippen LogP contribution in [0.25, 0.3) is 5.69 Å². The number of aromatic nitrogens is 2. The lowest BCUT2D eigenvalue weighted by atomic mass is 10.0. The summed E-state index contributed by atoms with van der Waals surface area (Å²) >= 11 is 0. The van der Waals surface area contributed by atoms with Crippen molar-refractivity contribution in [1.29, 1.82) is 0 Å². The number of halogens is 2. The molecule has 0 spiro atoms. The summed E-state index contributed by atoms with van der Waals surface area (Å²) in [4.78, 5) is 12.1. The van der Waals surface area contributed by atoms with Crippen LogP contribution in [0.5, 0.6) is 0 Å². The van der Waals surface area contributed by atoms with Crippen molar-refractivity contribution in [2.45, 2.75) is 31.6 Å². The quantitative estimate of drug-likeness (QED) is 0.887. The Morgan fingerprint density at radius 1 is 1.25 bits per heavy atom. The minimum absolute atomic E-state index is 0.0210. The molecule has 1 aromatic carbocycles. The van der Waals surface area contributed by atoms with E-state index in [-0.39, 0.29) is 17.3 Å². The van der Waals surface area contributed by atoms with E-state index in [0.29, 0.717) is 5.69 Å². The smallest absolute Gasteiger partial charge is 0.294 e. The Balaban J connectivity index is 2.10. The fourth-order valence-corrected chi connectivity index (χ4v) is 2.83. The zero-order chi connectivity index (χ0) is 14.3. The molecule has 0 radical (unpaired) electrons. The second-order valence-electron chi connectivity index (χ2n) is 5.16. The third-order valence-corrected chi connectivity index (χ3v) is 3.87. The molecule has 0 aliphatic heterocycles. The van der Waals surface area contributed by atoms with E-state index in [1.54, 1.807) is 0 Å². The van der Waals surface area contributed by atoms with Crippen LogP contribution in [0.3, 0.4) is 0 Å². The second kappa shape index (κ2) is 4.77. The first kappa shape index (κ1) is 12.9. The average molecular weight is 279 g/mol. The lowest BCUT2D eigenvalue weighted by Crippen LogP contribution is -2.17. The third kappa shape index (κ3) is 2.01. The van der Waals surface area contributed by atoms with Gasteiger partial charge in [-0.1, -0.05) is 12.8 Å². The molecular formula is C14H15F2N3O. The summed E-state index contributed by atoms with van der Waals surface area (Å²) in [6.07, 6.45) is 4.14. The molecule has 106 valence electrons. The fraction of sp³-hybridized carbons (Fsp3) is 0.357. The van der Waals surface area contributed by atoms with Crippen LogP contribution in [0.2, 0.25) is 0 Å². The summed E-state index contributed by atoms with van der Waals surface area (Å²) in [5, 5.41) is 2.88. The fourth-order valence-electron chi connectivity index (χ4n) is 2.83. The maximum atomic E-state index is 13.8. The van der Waals surface area contributed by atoms with Gasteiger partial charge in [-0.25, -0.2) is 13.5 Å². The first-order valence-electron chi connectivity index (χ1n) is 6.63. The topological polar surface area (TPSA) is 63.8 Å². The molecule has 3 N–H and O–H groups in total. The van der Waals surface area contributed by atoms with Gasteiger partial charge in [0.05, 0.1) is 5.69 Å². The van der Waals surface area contributed by atoms with Crippen LogP contribution in [-0.2, 0) is 0 Å². The number of nitrogens with one attached hydrogen (secondary N) is 1. The molecule has 0 amide bonds. The number of benzene rings is 1. The standard InChI is InChI=1S/C14H15F2N3O/c15-9-5-6-11(10(16)7-9)19-14(20)12(17)13(18-19)8-3-1-2-4-8/h5-8,18H,1-4,17H2. The number of anilines is 1. The minimum Gasteiger partial charge on any atom is -0.393 e. The van der Waals surface area contributed by atoms with Gasteiger partial charge in [-0.2, -0.15) is 0 Å². The number of nitrogen functional groups attached to an aromatic ring is 1. The van der Waals surface area contributed by atoms with E-state index in [1.807, 2.05) is 0 Å². The van der Waals surface area contributed by atoms with Crippen LogP contribution in [0.15, 0.2) is 23.0 Å². The lowest BCUT2D eigenvalue weighted by molar-refractivity contribution is 0.570. The molecular weight excluding hydrogens is 264 g/mol. The molecule has 1 heterocycles. The van der Waals surface area contributed by atoms with Gasteiger partial charge in [-0.15, -0.1) is 0 Å². The van der Waals surface area contributed by atoms with Crippen LogP contribution in [0, 0.1) is 11.6 Å². The average Bonchev–Trinajstić information content (AvgIpc) is 3.01. The Hall–Kier alpha value is -2.11. The molecule has 1 saturated carbocycles. The van der Waals surface area contributed by atoms with Gasteiger partial charge in [0.2, 0.25) is 0 Å². The minimum atomic E-state index is -0.800. The highest BCUT2D eigenvalue weighted by molar-refractivity contribution is 5.46. The van der Waals surface area contributed by atoms with Crippen LogP contribution in [0.1, 0.15) is 37.3 Å². The number of nitrogens with two attached hydrogens (primary N) is 1. The summed E-state index contributed by atoms with van der Waals surface area (Å²) in [7, 11) is 0.